The Morgan fingerprint density at radius 2 is 2.30 bits per heavy atom. The lowest BCUT2D eigenvalue weighted by Crippen LogP contribution is -2.38. The van der Waals surface area contributed by atoms with E-state index in [1.54, 1.807) is 6.20 Å². The number of likely N-dealkylation sites (tertiary alicyclic amines) is 1. The number of hydrogen-bond donors (Lipinski definition) is 0. The van der Waals surface area contributed by atoms with Gasteiger partial charge in [0.1, 0.15) is 0 Å². The molecule has 0 radical (unpaired) electrons. The molecule has 1 aliphatic rings. The number of nitrogens with zero attached hydrogens (tertiary/aromatic N) is 3. The third-order valence-corrected chi connectivity index (χ3v) is 4.23. The molecule has 2 heterocycles. The molecule has 0 N–H and O–H groups in total. The Kier molecular flexibility index (Phi) is 5.08. The minimum atomic E-state index is 0.106. The number of hydrogen-bond acceptors (Lipinski definition) is 3. The molecule has 1 aliphatic heterocycles. The summed E-state index contributed by atoms with van der Waals surface area (Å²) in [6.45, 7) is 4.81. The number of carbonyl (C=O) groups is 1. The maximum absolute atomic E-state index is 12.8. The summed E-state index contributed by atoms with van der Waals surface area (Å²) in [6, 6.07) is 9.94. The quantitative estimate of drug-likeness (QED) is 0.823. The maximum atomic E-state index is 12.8. The van der Waals surface area contributed by atoms with Gasteiger partial charge in [0.2, 0.25) is 0 Å². The van der Waals surface area contributed by atoms with E-state index >= 15 is 0 Å². The van der Waals surface area contributed by atoms with E-state index in [-0.39, 0.29) is 11.9 Å². The Bertz CT molecular complexity index is 639. The maximum Gasteiger partial charge on any atom is 0.254 e. The van der Waals surface area contributed by atoms with Gasteiger partial charge in [-0.3, -0.25) is 9.48 Å². The van der Waals surface area contributed by atoms with Gasteiger partial charge in [-0.15, -0.1) is 0 Å². The molecule has 1 aromatic heterocycles. The summed E-state index contributed by atoms with van der Waals surface area (Å²) in [5.74, 6) is 0.106. The molecule has 122 valence electrons. The van der Waals surface area contributed by atoms with Crippen molar-refractivity contribution in [3.63, 3.8) is 0 Å². The number of benzene rings is 1. The van der Waals surface area contributed by atoms with Crippen LogP contribution < -0.4 is 0 Å². The summed E-state index contributed by atoms with van der Waals surface area (Å²) < 4.78 is 7.38. The summed E-state index contributed by atoms with van der Waals surface area (Å²) in [4.78, 5) is 14.8. The van der Waals surface area contributed by atoms with Crippen molar-refractivity contribution in [2.45, 2.75) is 32.4 Å². The molecule has 1 atom stereocenters. The number of amides is 1. The summed E-state index contributed by atoms with van der Waals surface area (Å²) >= 11 is 0. The number of carbonyl (C=O) groups excluding carboxylic acids is 1. The van der Waals surface area contributed by atoms with Gasteiger partial charge >= 0.3 is 0 Å². The van der Waals surface area contributed by atoms with Crippen LogP contribution in [0.4, 0.5) is 0 Å². The van der Waals surface area contributed by atoms with Gasteiger partial charge in [-0.2, -0.15) is 5.10 Å². The molecule has 0 aliphatic carbocycles. The van der Waals surface area contributed by atoms with Gasteiger partial charge in [0.25, 0.3) is 5.91 Å². The summed E-state index contributed by atoms with van der Waals surface area (Å²) in [5, 5.41) is 4.21. The van der Waals surface area contributed by atoms with Gasteiger partial charge in [0.15, 0.2) is 0 Å². The first-order valence-electron chi connectivity index (χ1n) is 8.23. The van der Waals surface area contributed by atoms with E-state index in [9.17, 15) is 4.79 Å². The molecule has 3 rings (SSSR count). The molecule has 1 fully saturated rings. The average molecular weight is 313 g/mol. The van der Waals surface area contributed by atoms with Gasteiger partial charge < -0.3 is 9.64 Å². The molecule has 1 aromatic carbocycles. The largest absolute Gasteiger partial charge is 0.380 e. The second-order valence-electron chi connectivity index (χ2n) is 5.86. The molecule has 5 heteroatoms. The number of rotatable bonds is 6. The van der Waals surface area contributed by atoms with Crippen molar-refractivity contribution < 1.29 is 9.53 Å². The number of ether oxygens (including phenoxy) is 1. The molecule has 2 aromatic rings. The molecule has 1 saturated heterocycles. The minimum absolute atomic E-state index is 0.106. The lowest BCUT2D eigenvalue weighted by molar-refractivity contribution is 0.0564. The Morgan fingerprint density at radius 1 is 1.39 bits per heavy atom. The summed E-state index contributed by atoms with van der Waals surface area (Å²) in [7, 11) is 0. The number of aromatic nitrogens is 2. The highest BCUT2D eigenvalue weighted by Gasteiger charge is 2.29. The zero-order chi connectivity index (χ0) is 16.1. The zero-order valence-corrected chi connectivity index (χ0v) is 13.5. The van der Waals surface area contributed by atoms with Crippen LogP contribution in [-0.2, 0) is 11.3 Å². The third-order valence-electron chi connectivity index (χ3n) is 4.23. The van der Waals surface area contributed by atoms with Crippen LogP contribution >= 0.6 is 0 Å². The van der Waals surface area contributed by atoms with Gasteiger partial charge in [0, 0.05) is 31.1 Å². The normalized spacial score (nSPS) is 17.6. The molecule has 5 nitrogen and oxygen atoms in total. The predicted octanol–water partition coefficient (Wildman–Crippen LogP) is 2.57. The standard InChI is InChI=1S/C18H23N3O2/c1-2-23-14-17-8-4-11-21(17)18(22)16-7-3-6-15(12-16)13-20-10-5-9-19-20/h3,5-7,9-10,12,17H,2,4,8,11,13-14H2,1H3/t17-/m0/s1. The predicted molar refractivity (Wildman–Crippen MR) is 88.3 cm³/mol. The molecular weight excluding hydrogens is 290 g/mol. The fourth-order valence-corrected chi connectivity index (χ4v) is 3.08. The Labute approximate surface area is 136 Å². The van der Waals surface area contributed by atoms with Crippen molar-refractivity contribution in [1.82, 2.24) is 14.7 Å². The van der Waals surface area contributed by atoms with Crippen LogP contribution in [0, 0.1) is 0 Å². The van der Waals surface area contributed by atoms with Crippen LogP contribution in [0.5, 0.6) is 0 Å². The first-order valence-corrected chi connectivity index (χ1v) is 8.23. The fourth-order valence-electron chi connectivity index (χ4n) is 3.08. The van der Waals surface area contributed by atoms with Crippen molar-refractivity contribution >= 4 is 5.91 Å². The topological polar surface area (TPSA) is 47.4 Å². The first-order chi connectivity index (χ1) is 11.3. The van der Waals surface area contributed by atoms with E-state index in [2.05, 4.69) is 5.10 Å². The van der Waals surface area contributed by atoms with Crippen LogP contribution in [0.25, 0.3) is 0 Å². The van der Waals surface area contributed by atoms with Crippen molar-refractivity contribution in [1.29, 1.82) is 0 Å². The van der Waals surface area contributed by atoms with E-state index in [0.717, 1.165) is 30.5 Å². The molecule has 23 heavy (non-hydrogen) atoms. The highest BCUT2D eigenvalue weighted by atomic mass is 16.5. The molecule has 0 unspecified atom stereocenters. The Balaban J connectivity index is 1.71. The third kappa shape index (κ3) is 3.79. The van der Waals surface area contributed by atoms with Crippen molar-refractivity contribution in [2.75, 3.05) is 19.8 Å². The van der Waals surface area contributed by atoms with Gasteiger partial charge in [-0.25, -0.2) is 0 Å². The average Bonchev–Trinajstić information content (AvgIpc) is 3.24. The summed E-state index contributed by atoms with van der Waals surface area (Å²) in [5.41, 5.74) is 1.83. The van der Waals surface area contributed by atoms with Crippen molar-refractivity contribution in [3.8, 4) is 0 Å². The second kappa shape index (κ2) is 7.42. The Morgan fingerprint density at radius 3 is 3.09 bits per heavy atom. The SMILES string of the molecule is CCOC[C@@H]1CCCN1C(=O)c1cccc(Cn2cccn2)c1. The second-order valence-corrected chi connectivity index (χ2v) is 5.86. The van der Waals surface area contributed by atoms with Gasteiger partial charge in [0.05, 0.1) is 19.2 Å². The first kappa shape index (κ1) is 15.7. The van der Waals surface area contributed by atoms with E-state index in [4.69, 9.17) is 4.74 Å². The highest BCUT2D eigenvalue weighted by Crippen LogP contribution is 2.21. The van der Waals surface area contributed by atoms with Crippen LogP contribution in [0.15, 0.2) is 42.7 Å². The Hall–Kier alpha value is -2.14. The van der Waals surface area contributed by atoms with Crippen LogP contribution in [0.3, 0.4) is 0 Å². The van der Waals surface area contributed by atoms with Crippen LogP contribution in [0.2, 0.25) is 0 Å². The highest BCUT2D eigenvalue weighted by molar-refractivity contribution is 5.94. The zero-order valence-electron chi connectivity index (χ0n) is 13.5. The van der Waals surface area contributed by atoms with E-state index in [1.807, 2.05) is 53.0 Å². The van der Waals surface area contributed by atoms with Crippen molar-refractivity contribution in [2.24, 2.45) is 0 Å². The molecular formula is C18H23N3O2. The molecule has 0 spiro atoms. The van der Waals surface area contributed by atoms with Crippen LogP contribution in [-0.4, -0.2) is 46.4 Å². The molecule has 0 saturated carbocycles. The fraction of sp³-hybridized carbons (Fsp3) is 0.444. The molecule has 1 amide bonds. The monoisotopic (exact) mass is 313 g/mol. The van der Waals surface area contributed by atoms with E-state index < -0.39 is 0 Å². The van der Waals surface area contributed by atoms with Crippen LogP contribution in [0.1, 0.15) is 35.7 Å². The smallest absolute Gasteiger partial charge is 0.254 e. The lowest BCUT2D eigenvalue weighted by atomic mass is 10.1. The van der Waals surface area contributed by atoms with Crippen molar-refractivity contribution in [3.05, 3.63) is 53.9 Å². The summed E-state index contributed by atoms with van der Waals surface area (Å²) in [6.07, 6.45) is 5.76. The van der Waals surface area contributed by atoms with E-state index in [1.165, 1.54) is 0 Å². The lowest BCUT2D eigenvalue weighted by Gasteiger charge is -2.24. The van der Waals surface area contributed by atoms with E-state index in [0.29, 0.717) is 19.8 Å². The van der Waals surface area contributed by atoms with Gasteiger partial charge in [-0.05, 0) is 43.5 Å². The van der Waals surface area contributed by atoms with Gasteiger partial charge in [-0.1, -0.05) is 12.1 Å². The molecule has 0 bridgehead atoms. The minimum Gasteiger partial charge on any atom is -0.380 e.